The Bertz CT molecular complexity index is 8.00. The third-order valence-corrected chi connectivity index (χ3v) is 0. The van der Waals surface area contributed by atoms with Gasteiger partial charge in [0.25, 0.3) is 0 Å². The van der Waals surface area contributed by atoms with Crippen molar-refractivity contribution in [2.45, 2.75) is 0 Å². The molecule has 29 valence electrons. The molecule has 0 rings (SSSR count). The smallest absolute Gasteiger partial charge is 0.381 e. The van der Waals surface area contributed by atoms with Gasteiger partial charge in [-0.15, -0.1) is 0 Å². The minimum atomic E-state index is 0. The zero-order valence-corrected chi connectivity index (χ0v) is 4.61. The van der Waals surface area contributed by atoms with Crippen molar-refractivity contribution in [3.8, 4) is 0 Å². The molecule has 0 amide bonds. The van der Waals surface area contributed by atoms with E-state index in [1.54, 1.807) is 10.1 Å². The van der Waals surface area contributed by atoms with Crippen molar-refractivity contribution in [3.63, 3.8) is 0 Å². The first-order valence-electron chi connectivity index (χ1n) is 0.204. The number of hydrogen-bond acceptors (Lipinski definition) is 1. The molecule has 0 aromatic rings. The van der Waals surface area contributed by atoms with Crippen LogP contribution in [0.3, 0.4) is 0 Å². The minimum absolute atomic E-state index is 0. The molecule has 0 aromatic carbocycles. The molecule has 0 saturated carbocycles. The largest absolute Gasteiger partial charge is 0.381 e. The minimum Gasteiger partial charge on any atom is -0.381 e. The van der Waals surface area contributed by atoms with Crippen LogP contribution in [0.25, 0.3) is 0 Å². The molecule has 4 heteroatoms. The summed E-state index contributed by atoms with van der Waals surface area (Å²) in [7, 11) is 1.72. The summed E-state index contributed by atoms with van der Waals surface area (Å²) in [5.74, 6) is 0. The van der Waals surface area contributed by atoms with E-state index in [1.807, 2.05) is 0 Å². The van der Waals surface area contributed by atoms with Gasteiger partial charge in [0.1, 0.15) is 0 Å². The summed E-state index contributed by atoms with van der Waals surface area (Å²) in [5, 5.41) is 0. The van der Waals surface area contributed by atoms with E-state index in [1.165, 1.54) is 0 Å². The monoisotopic (exact) mass is 163 g/mol. The molecule has 0 fully saturated rings. The molecule has 0 aliphatic rings. The van der Waals surface area contributed by atoms with Gasteiger partial charge in [-0.3, -0.25) is 0 Å². The summed E-state index contributed by atoms with van der Waals surface area (Å²) in [4.78, 5) is 0. The Morgan fingerprint density at radius 2 is 1.25 bits per heavy atom. The molecule has 0 aliphatic heterocycles. The van der Waals surface area contributed by atoms with Crippen LogP contribution in [-0.4, -0.2) is 10.1 Å². The summed E-state index contributed by atoms with van der Waals surface area (Å²) in [6.07, 6.45) is 0. The van der Waals surface area contributed by atoms with Crippen molar-refractivity contribution in [1.82, 2.24) is 0 Å². The SMILES string of the molecule is O=[Si].[Cu].[Fe]. The van der Waals surface area contributed by atoms with Crippen molar-refractivity contribution in [3.05, 3.63) is 0 Å². The summed E-state index contributed by atoms with van der Waals surface area (Å²) in [5.41, 5.74) is 0. The predicted molar refractivity (Wildman–Crippen MR) is 6.44 cm³/mol. The number of hydrogen-bond donors (Lipinski definition) is 0. The van der Waals surface area contributed by atoms with Crippen molar-refractivity contribution in [2.24, 2.45) is 0 Å². The summed E-state index contributed by atoms with van der Waals surface area (Å²) >= 11 is 0. The van der Waals surface area contributed by atoms with Gasteiger partial charge in [-0.1, -0.05) is 0 Å². The normalized spacial score (nSPS) is 1.00. The second-order valence-corrected chi connectivity index (χ2v) is 0. The third-order valence-electron chi connectivity index (χ3n) is 0. The standard InChI is InChI=1S/Cu.Fe.OSi/c;;1-2. The second-order valence-electron chi connectivity index (χ2n) is 0. The van der Waals surface area contributed by atoms with E-state index in [0.717, 1.165) is 0 Å². The van der Waals surface area contributed by atoms with Crippen LogP contribution in [0.5, 0.6) is 0 Å². The third kappa shape index (κ3) is 11.6. The van der Waals surface area contributed by atoms with Gasteiger partial charge in [-0.25, -0.2) is 0 Å². The molecule has 0 N–H and O–H groups in total. The van der Waals surface area contributed by atoms with E-state index >= 15 is 0 Å². The molecular weight excluding hydrogens is 163 g/mol. The molecule has 4 heavy (non-hydrogen) atoms. The second kappa shape index (κ2) is 34.0. The topological polar surface area (TPSA) is 17.1 Å². The first-order valence-corrected chi connectivity index (χ1v) is 0.612. The van der Waals surface area contributed by atoms with Crippen LogP contribution in [0, 0.1) is 0 Å². The molecule has 1 nitrogen and oxygen atoms in total. The van der Waals surface area contributed by atoms with Gasteiger partial charge >= 0.3 is 10.1 Å². The zero-order valence-electron chi connectivity index (χ0n) is 1.56. The predicted octanol–water partition coefficient (Wildman–Crippen LogP) is -0.505. The van der Waals surface area contributed by atoms with Crippen LogP contribution in [0.2, 0.25) is 0 Å². The summed E-state index contributed by atoms with van der Waals surface area (Å²) in [6.45, 7) is 0. The van der Waals surface area contributed by atoms with Crippen molar-refractivity contribution < 1.29 is 38.6 Å². The van der Waals surface area contributed by atoms with Gasteiger partial charge in [-0.05, 0) is 0 Å². The maximum atomic E-state index is 8.06. The van der Waals surface area contributed by atoms with Crippen molar-refractivity contribution in [1.29, 1.82) is 0 Å². The van der Waals surface area contributed by atoms with Crippen LogP contribution in [-0.2, 0) is 38.6 Å². The van der Waals surface area contributed by atoms with Crippen LogP contribution in [0.1, 0.15) is 0 Å². The number of rotatable bonds is 0. The average Bonchev–Trinajstić information content (AvgIpc) is 1.00. The Balaban J connectivity index is -0.00000000500. The van der Waals surface area contributed by atoms with Crippen LogP contribution in [0.15, 0.2) is 0 Å². The molecule has 0 unspecified atom stereocenters. The van der Waals surface area contributed by atoms with Crippen LogP contribution in [0.4, 0.5) is 0 Å². The molecule has 0 atom stereocenters. The van der Waals surface area contributed by atoms with E-state index in [0.29, 0.717) is 0 Å². The molecule has 0 aromatic heterocycles. The Morgan fingerprint density at radius 1 is 1.25 bits per heavy atom. The fraction of sp³-hybridized carbons (Fsp3) is 0. The maximum Gasteiger partial charge on any atom is 0.381 e. The maximum absolute atomic E-state index is 8.06. The van der Waals surface area contributed by atoms with Gasteiger partial charge in [0.05, 0.1) is 0 Å². The van der Waals surface area contributed by atoms with Crippen molar-refractivity contribution in [2.75, 3.05) is 0 Å². The molecule has 3 radical (unpaired) electrons. The van der Waals surface area contributed by atoms with E-state index < -0.39 is 0 Å². The zero-order chi connectivity index (χ0) is 2.00. The van der Waals surface area contributed by atoms with Gasteiger partial charge in [-0.2, -0.15) is 0 Å². The first-order chi connectivity index (χ1) is 1.00. The Morgan fingerprint density at radius 3 is 1.25 bits per heavy atom. The van der Waals surface area contributed by atoms with Gasteiger partial charge in [0.15, 0.2) is 0 Å². The average molecular weight is 163 g/mol. The Hall–Kier alpha value is 1.06. The van der Waals surface area contributed by atoms with Gasteiger partial charge < -0.3 is 4.46 Å². The summed E-state index contributed by atoms with van der Waals surface area (Å²) in [6, 6.07) is 0. The van der Waals surface area contributed by atoms with Gasteiger partial charge in [0, 0.05) is 34.1 Å². The van der Waals surface area contributed by atoms with E-state index in [2.05, 4.69) is 0 Å². The first kappa shape index (κ1) is 19.7. The molecule has 0 saturated heterocycles. The molecule has 0 spiro atoms. The Labute approximate surface area is 49.0 Å². The van der Waals surface area contributed by atoms with E-state index in [9.17, 15) is 0 Å². The quantitative estimate of drug-likeness (QED) is 0.440. The Kier molecular flexibility index (Phi) is 167. The van der Waals surface area contributed by atoms with Crippen LogP contribution >= 0.6 is 0 Å². The fourth-order valence-corrected chi connectivity index (χ4v) is 0. The van der Waals surface area contributed by atoms with E-state index in [4.69, 9.17) is 4.46 Å². The van der Waals surface area contributed by atoms with Crippen LogP contribution < -0.4 is 0 Å². The van der Waals surface area contributed by atoms with E-state index in [-0.39, 0.29) is 34.1 Å². The molecule has 0 heterocycles. The van der Waals surface area contributed by atoms with Crippen molar-refractivity contribution >= 4 is 10.1 Å². The molecule has 0 aliphatic carbocycles. The molecule has 0 bridgehead atoms. The summed E-state index contributed by atoms with van der Waals surface area (Å²) < 4.78 is 8.06. The fourth-order valence-electron chi connectivity index (χ4n) is 0. The molecular formula is CuFeOSi. The van der Waals surface area contributed by atoms with Gasteiger partial charge in [0.2, 0.25) is 0 Å².